The first-order chi connectivity index (χ1) is 9.61. The maximum absolute atomic E-state index is 13.3. The highest BCUT2D eigenvalue weighted by Crippen LogP contribution is 2.18. The van der Waals surface area contributed by atoms with Gasteiger partial charge in [-0.05, 0) is 31.5 Å². The third kappa shape index (κ3) is 3.09. The van der Waals surface area contributed by atoms with E-state index in [2.05, 4.69) is 20.6 Å². The van der Waals surface area contributed by atoms with Gasteiger partial charge in [-0.25, -0.2) is 9.37 Å². The van der Waals surface area contributed by atoms with Gasteiger partial charge in [-0.3, -0.25) is 9.78 Å². The maximum Gasteiger partial charge on any atom is 0.259 e. The van der Waals surface area contributed by atoms with Crippen LogP contribution in [0.5, 0.6) is 0 Å². The predicted molar refractivity (Wildman–Crippen MR) is 75.3 cm³/mol. The van der Waals surface area contributed by atoms with Gasteiger partial charge in [0.15, 0.2) is 0 Å². The van der Waals surface area contributed by atoms with Gasteiger partial charge in [0.25, 0.3) is 5.91 Å². The van der Waals surface area contributed by atoms with Crippen LogP contribution in [0.15, 0.2) is 30.7 Å². The molecular weight excluding hydrogens is 259 g/mol. The first-order valence-corrected chi connectivity index (χ1v) is 6.23. The van der Waals surface area contributed by atoms with E-state index in [1.165, 1.54) is 0 Å². The zero-order valence-corrected chi connectivity index (χ0v) is 11.3. The Morgan fingerprint density at radius 1 is 1.40 bits per heavy atom. The van der Waals surface area contributed by atoms with E-state index < -0.39 is 11.7 Å². The van der Waals surface area contributed by atoms with Crippen molar-refractivity contribution in [1.29, 1.82) is 0 Å². The minimum atomic E-state index is -0.553. The lowest BCUT2D eigenvalue weighted by molar-refractivity contribution is 0.102. The van der Waals surface area contributed by atoms with Gasteiger partial charge in [-0.2, -0.15) is 0 Å². The zero-order chi connectivity index (χ0) is 14.5. The fourth-order valence-corrected chi connectivity index (χ4v) is 1.72. The van der Waals surface area contributed by atoms with Crippen molar-refractivity contribution in [1.82, 2.24) is 9.97 Å². The Labute approximate surface area is 116 Å². The number of nitrogens with zero attached hydrogens (tertiary/aromatic N) is 2. The van der Waals surface area contributed by atoms with Crippen LogP contribution in [0.1, 0.15) is 22.8 Å². The summed E-state index contributed by atoms with van der Waals surface area (Å²) < 4.78 is 13.3. The number of pyridine rings is 2. The Bertz CT molecular complexity index is 630. The molecule has 0 aliphatic rings. The highest BCUT2D eigenvalue weighted by atomic mass is 19.1. The van der Waals surface area contributed by atoms with Crippen LogP contribution in [0.4, 0.5) is 15.9 Å². The van der Waals surface area contributed by atoms with Crippen molar-refractivity contribution < 1.29 is 9.18 Å². The minimum Gasteiger partial charge on any atom is -0.370 e. The monoisotopic (exact) mass is 274 g/mol. The Morgan fingerprint density at radius 2 is 2.20 bits per heavy atom. The molecule has 2 rings (SSSR count). The van der Waals surface area contributed by atoms with Gasteiger partial charge in [-0.15, -0.1) is 0 Å². The van der Waals surface area contributed by atoms with Gasteiger partial charge < -0.3 is 10.6 Å². The molecule has 0 aliphatic heterocycles. The molecule has 2 aromatic rings. The van der Waals surface area contributed by atoms with E-state index >= 15 is 0 Å². The third-order valence-corrected chi connectivity index (χ3v) is 2.71. The summed E-state index contributed by atoms with van der Waals surface area (Å²) in [6.07, 6.45) is 4.30. The van der Waals surface area contributed by atoms with Gasteiger partial charge in [-0.1, -0.05) is 0 Å². The van der Waals surface area contributed by atoms with Crippen molar-refractivity contribution in [2.75, 3.05) is 17.2 Å². The van der Waals surface area contributed by atoms with Crippen molar-refractivity contribution in [3.05, 3.63) is 47.7 Å². The smallest absolute Gasteiger partial charge is 0.259 e. The Hall–Kier alpha value is -2.50. The normalized spacial score (nSPS) is 10.2. The molecule has 6 heteroatoms. The maximum atomic E-state index is 13.3. The molecule has 1 amide bonds. The molecule has 2 heterocycles. The number of amides is 1. The van der Waals surface area contributed by atoms with Crippen molar-refractivity contribution in [2.24, 2.45) is 0 Å². The van der Waals surface area contributed by atoms with Gasteiger partial charge >= 0.3 is 0 Å². The number of hydrogen-bond acceptors (Lipinski definition) is 4. The molecule has 2 N–H and O–H groups in total. The quantitative estimate of drug-likeness (QED) is 0.899. The first kappa shape index (κ1) is 13.9. The Kier molecular flexibility index (Phi) is 4.24. The Balaban J connectivity index is 2.29. The van der Waals surface area contributed by atoms with Crippen LogP contribution >= 0.6 is 0 Å². The van der Waals surface area contributed by atoms with E-state index in [1.54, 1.807) is 18.5 Å². The van der Waals surface area contributed by atoms with E-state index in [-0.39, 0.29) is 5.56 Å². The lowest BCUT2D eigenvalue weighted by atomic mass is 10.2. The summed E-state index contributed by atoms with van der Waals surface area (Å²) in [5, 5.41) is 5.66. The topological polar surface area (TPSA) is 66.9 Å². The van der Waals surface area contributed by atoms with E-state index in [9.17, 15) is 9.18 Å². The van der Waals surface area contributed by atoms with Crippen molar-refractivity contribution >= 4 is 17.4 Å². The second-order valence-electron chi connectivity index (χ2n) is 4.22. The van der Waals surface area contributed by atoms with Gasteiger partial charge in [0.05, 0.1) is 11.8 Å². The summed E-state index contributed by atoms with van der Waals surface area (Å²) in [6.45, 7) is 4.30. The molecule has 0 aliphatic carbocycles. The zero-order valence-electron chi connectivity index (χ0n) is 11.3. The minimum absolute atomic E-state index is 0.170. The number of halogens is 1. The van der Waals surface area contributed by atoms with Gasteiger partial charge in [0.1, 0.15) is 11.6 Å². The first-order valence-electron chi connectivity index (χ1n) is 6.23. The van der Waals surface area contributed by atoms with E-state index in [1.807, 2.05) is 13.8 Å². The van der Waals surface area contributed by atoms with Crippen LogP contribution in [0.2, 0.25) is 0 Å². The molecule has 0 spiro atoms. The molecule has 5 nitrogen and oxygen atoms in total. The standard InChI is InChI=1S/C14H15FN4O/c1-3-17-13-11(6-10(15)8-18-13)14(20)19-12-4-5-16-7-9(12)2/h4-8H,3H2,1-2H3,(H,17,18)(H,16,19,20). The fourth-order valence-electron chi connectivity index (χ4n) is 1.72. The van der Waals surface area contributed by atoms with Crippen molar-refractivity contribution in [2.45, 2.75) is 13.8 Å². The molecule has 104 valence electrons. The largest absolute Gasteiger partial charge is 0.370 e. The summed E-state index contributed by atoms with van der Waals surface area (Å²) in [7, 11) is 0. The average Bonchev–Trinajstić information content (AvgIpc) is 2.43. The van der Waals surface area contributed by atoms with E-state index in [4.69, 9.17) is 0 Å². The van der Waals surface area contributed by atoms with E-state index in [0.717, 1.165) is 17.8 Å². The number of anilines is 2. The van der Waals surface area contributed by atoms with E-state index in [0.29, 0.717) is 18.1 Å². The van der Waals surface area contributed by atoms with Crippen LogP contribution in [0, 0.1) is 12.7 Å². The van der Waals surface area contributed by atoms with Crippen LogP contribution < -0.4 is 10.6 Å². The number of aryl methyl sites for hydroxylation is 1. The van der Waals surface area contributed by atoms with Crippen molar-refractivity contribution in [3.8, 4) is 0 Å². The SMILES string of the molecule is CCNc1ncc(F)cc1C(=O)Nc1ccncc1C. The number of carbonyl (C=O) groups is 1. The van der Waals surface area contributed by atoms with Crippen LogP contribution in [0.3, 0.4) is 0 Å². The Morgan fingerprint density at radius 3 is 2.90 bits per heavy atom. The van der Waals surface area contributed by atoms with Gasteiger partial charge in [0, 0.05) is 24.6 Å². The number of hydrogen-bond donors (Lipinski definition) is 2. The third-order valence-electron chi connectivity index (χ3n) is 2.71. The molecule has 0 saturated carbocycles. The highest BCUT2D eigenvalue weighted by Gasteiger charge is 2.14. The van der Waals surface area contributed by atoms with Crippen LogP contribution in [-0.4, -0.2) is 22.4 Å². The molecule has 0 bridgehead atoms. The number of rotatable bonds is 4. The van der Waals surface area contributed by atoms with Gasteiger partial charge in [0.2, 0.25) is 0 Å². The lowest BCUT2D eigenvalue weighted by Crippen LogP contribution is -2.16. The van der Waals surface area contributed by atoms with Crippen LogP contribution in [-0.2, 0) is 0 Å². The lowest BCUT2D eigenvalue weighted by Gasteiger charge is -2.11. The van der Waals surface area contributed by atoms with Crippen molar-refractivity contribution in [3.63, 3.8) is 0 Å². The predicted octanol–water partition coefficient (Wildman–Crippen LogP) is 2.61. The molecule has 20 heavy (non-hydrogen) atoms. The summed E-state index contributed by atoms with van der Waals surface area (Å²) in [4.78, 5) is 20.1. The molecule has 0 atom stereocenters. The molecule has 0 fully saturated rings. The number of nitrogens with one attached hydrogen (secondary N) is 2. The average molecular weight is 274 g/mol. The summed E-state index contributed by atoms with van der Waals surface area (Å²) in [5.41, 5.74) is 1.63. The fraction of sp³-hybridized carbons (Fsp3) is 0.214. The second-order valence-corrected chi connectivity index (χ2v) is 4.22. The molecule has 0 unspecified atom stereocenters. The summed E-state index contributed by atoms with van der Waals surface area (Å²) in [5.74, 6) is -0.608. The number of aromatic nitrogens is 2. The molecule has 0 saturated heterocycles. The summed E-state index contributed by atoms with van der Waals surface area (Å²) >= 11 is 0. The summed E-state index contributed by atoms with van der Waals surface area (Å²) in [6, 6.07) is 2.85. The number of carbonyl (C=O) groups excluding carboxylic acids is 1. The highest BCUT2D eigenvalue weighted by molar-refractivity contribution is 6.07. The van der Waals surface area contributed by atoms with Crippen LogP contribution in [0.25, 0.3) is 0 Å². The molecule has 2 aromatic heterocycles. The molecular formula is C14H15FN4O. The molecule has 0 radical (unpaired) electrons. The molecule has 0 aromatic carbocycles. The second kappa shape index (κ2) is 6.10.